The highest BCUT2D eigenvalue weighted by molar-refractivity contribution is 5.93. The Balaban J connectivity index is 3.73. The van der Waals surface area contributed by atoms with Gasteiger partial charge >= 0.3 is 5.97 Å². The van der Waals surface area contributed by atoms with E-state index >= 15 is 0 Å². The molecule has 0 aromatic heterocycles. The second kappa shape index (κ2) is 5.43. The van der Waals surface area contributed by atoms with Crippen molar-refractivity contribution in [2.24, 2.45) is 0 Å². The fourth-order valence-electron chi connectivity index (χ4n) is 0.371. The van der Waals surface area contributed by atoms with Crippen LogP contribution in [0.15, 0.2) is 12.2 Å². The summed E-state index contributed by atoms with van der Waals surface area (Å²) in [7, 11) is 0. The van der Waals surface area contributed by atoms with E-state index in [2.05, 4.69) is 4.74 Å². The van der Waals surface area contributed by atoms with Crippen LogP contribution in [0, 0.1) is 0 Å². The molecule has 0 saturated heterocycles. The minimum Gasteiger partial charge on any atom is -0.463 e. The molecule has 2 N–H and O–H groups in total. The van der Waals surface area contributed by atoms with E-state index in [4.69, 9.17) is 5.21 Å². The topological polar surface area (TPSA) is 75.6 Å². The molecule has 1 amide bonds. The van der Waals surface area contributed by atoms with Gasteiger partial charge in [0.15, 0.2) is 0 Å². The predicted molar refractivity (Wildman–Crippen MR) is 35.7 cm³/mol. The minimum absolute atomic E-state index is 0.254. The zero-order chi connectivity index (χ0) is 8.69. The van der Waals surface area contributed by atoms with Crippen LogP contribution in [0.1, 0.15) is 6.92 Å². The molecule has 0 bridgehead atoms. The number of esters is 1. The first-order valence-electron chi connectivity index (χ1n) is 2.99. The lowest BCUT2D eigenvalue weighted by Gasteiger charge is -1.93. The van der Waals surface area contributed by atoms with Crippen LogP contribution >= 0.6 is 0 Å². The molecule has 0 aliphatic heterocycles. The number of hydroxylamine groups is 1. The molecule has 0 saturated carbocycles. The first-order valence-corrected chi connectivity index (χ1v) is 2.99. The van der Waals surface area contributed by atoms with Crippen molar-refractivity contribution in [3.05, 3.63) is 12.2 Å². The molecule has 0 spiro atoms. The molecule has 0 radical (unpaired) electrons. The molecule has 5 heteroatoms. The van der Waals surface area contributed by atoms with Gasteiger partial charge in [-0.25, -0.2) is 10.3 Å². The Morgan fingerprint density at radius 1 is 1.55 bits per heavy atom. The fraction of sp³-hybridized carbons (Fsp3) is 0.333. The first-order chi connectivity index (χ1) is 5.20. The maximum atomic E-state index is 10.5. The normalized spacial score (nSPS) is 9.64. The Kier molecular flexibility index (Phi) is 4.76. The van der Waals surface area contributed by atoms with Crippen molar-refractivity contribution >= 4 is 11.9 Å². The molecule has 62 valence electrons. The predicted octanol–water partition coefficient (Wildman–Crippen LogP) is -0.389. The van der Waals surface area contributed by atoms with Gasteiger partial charge in [-0.15, -0.1) is 0 Å². The number of rotatable bonds is 3. The summed E-state index contributed by atoms with van der Waals surface area (Å²) in [6.07, 6.45) is 1.80. The van der Waals surface area contributed by atoms with Crippen LogP contribution in [0.5, 0.6) is 0 Å². The van der Waals surface area contributed by atoms with E-state index in [0.717, 1.165) is 12.2 Å². The molecule has 5 nitrogen and oxygen atoms in total. The number of carbonyl (C=O) groups is 2. The van der Waals surface area contributed by atoms with Gasteiger partial charge < -0.3 is 4.74 Å². The van der Waals surface area contributed by atoms with Gasteiger partial charge in [-0.05, 0) is 6.92 Å². The molecule has 0 aromatic carbocycles. The second-order valence-electron chi connectivity index (χ2n) is 1.56. The zero-order valence-corrected chi connectivity index (χ0v) is 6.03. The number of carbonyl (C=O) groups excluding carboxylic acids is 2. The lowest BCUT2D eigenvalue weighted by atomic mass is 10.5. The van der Waals surface area contributed by atoms with E-state index in [1.54, 1.807) is 6.92 Å². The summed E-state index contributed by atoms with van der Waals surface area (Å²) in [5.74, 6) is -1.38. The summed E-state index contributed by atoms with van der Waals surface area (Å²) in [5, 5.41) is 7.97. The third kappa shape index (κ3) is 5.10. The smallest absolute Gasteiger partial charge is 0.330 e. The number of hydrogen-bond donors (Lipinski definition) is 2. The Hall–Kier alpha value is -1.36. The van der Waals surface area contributed by atoms with Crippen LogP contribution in [-0.2, 0) is 14.3 Å². The highest BCUT2D eigenvalue weighted by Crippen LogP contribution is 1.80. The highest BCUT2D eigenvalue weighted by Gasteiger charge is 1.95. The molecule has 0 rings (SSSR count). The molecule has 0 atom stereocenters. The van der Waals surface area contributed by atoms with Gasteiger partial charge in [0.05, 0.1) is 6.61 Å². The molecule has 0 unspecified atom stereocenters. The van der Waals surface area contributed by atoms with Crippen LogP contribution < -0.4 is 5.48 Å². The van der Waals surface area contributed by atoms with E-state index in [0.29, 0.717) is 0 Å². The molecule has 0 heterocycles. The monoisotopic (exact) mass is 159 g/mol. The maximum Gasteiger partial charge on any atom is 0.330 e. The van der Waals surface area contributed by atoms with Crippen LogP contribution in [0.4, 0.5) is 0 Å². The van der Waals surface area contributed by atoms with Gasteiger partial charge in [-0.1, -0.05) is 0 Å². The van der Waals surface area contributed by atoms with E-state index in [1.165, 1.54) is 5.48 Å². The Morgan fingerprint density at radius 2 is 2.18 bits per heavy atom. The van der Waals surface area contributed by atoms with Crippen molar-refractivity contribution in [1.82, 2.24) is 5.48 Å². The van der Waals surface area contributed by atoms with E-state index in [9.17, 15) is 9.59 Å². The molecular weight excluding hydrogens is 150 g/mol. The largest absolute Gasteiger partial charge is 0.463 e. The number of nitrogens with one attached hydrogen (secondary N) is 1. The summed E-state index contributed by atoms with van der Waals surface area (Å²) in [5.41, 5.74) is 1.33. The summed E-state index contributed by atoms with van der Waals surface area (Å²) < 4.78 is 4.45. The van der Waals surface area contributed by atoms with Crippen molar-refractivity contribution in [3.63, 3.8) is 0 Å². The molecular formula is C6H9NO4. The summed E-state index contributed by atoms with van der Waals surface area (Å²) in [6.45, 7) is 1.90. The van der Waals surface area contributed by atoms with Gasteiger partial charge in [0.25, 0.3) is 5.91 Å². The third-order valence-corrected chi connectivity index (χ3v) is 0.768. The van der Waals surface area contributed by atoms with E-state index < -0.39 is 11.9 Å². The van der Waals surface area contributed by atoms with Crippen molar-refractivity contribution in [1.29, 1.82) is 0 Å². The van der Waals surface area contributed by atoms with E-state index in [-0.39, 0.29) is 6.61 Å². The zero-order valence-electron chi connectivity index (χ0n) is 6.03. The SMILES string of the molecule is CCOC(=O)C=CC(=O)NO. The number of amides is 1. The van der Waals surface area contributed by atoms with Gasteiger partial charge in [-0.2, -0.15) is 0 Å². The van der Waals surface area contributed by atoms with Crippen molar-refractivity contribution < 1.29 is 19.5 Å². The van der Waals surface area contributed by atoms with Gasteiger partial charge in [0.1, 0.15) is 0 Å². The standard InChI is InChI=1S/C6H9NO4/c1-2-11-6(9)4-3-5(8)7-10/h3-4,10H,2H2,1H3,(H,7,8). The summed E-state index contributed by atoms with van der Waals surface area (Å²) >= 11 is 0. The quantitative estimate of drug-likeness (QED) is 0.254. The molecule has 11 heavy (non-hydrogen) atoms. The lowest BCUT2D eigenvalue weighted by Crippen LogP contribution is -2.15. The average molecular weight is 159 g/mol. The third-order valence-electron chi connectivity index (χ3n) is 0.768. The first kappa shape index (κ1) is 9.64. The number of ether oxygens (including phenoxy) is 1. The van der Waals surface area contributed by atoms with Crippen LogP contribution in [0.3, 0.4) is 0 Å². The fourth-order valence-corrected chi connectivity index (χ4v) is 0.371. The van der Waals surface area contributed by atoms with Gasteiger partial charge in [0.2, 0.25) is 0 Å². The Labute approximate surface area is 63.6 Å². The maximum absolute atomic E-state index is 10.5. The lowest BCUT2D eigenvalue weighted by molar-refractivity contribution is -0.137. The van der Waals surface area contributed by atoms with Crippen LogP contribution in [-0.4, -0.2) is 23.7 Å². The van der Waals surface area contributed by atoms with E-state index in [1.807, 2.05) is 0 Å². The molecule has 0 aromatic rings. The molecule has 0 fully saturated rings. The summed E-state index contributed by atoms with van der Waals surface area (Å²) in [6, 6.07) is 0. The molecule has 0 aliphatic rings. The van der Waals surface area contributed by atoms with Crippen molar-refractivity contribution in [3.8, 4) is 0 Å². The average Bonchev–Trinajstić information content (AvgIpc) is 2.01. The highest BCUT2D eigenvalue weighted by atomic mass is 16.5. The Bertz CT molecular complexity index is 175. The molecule has 0 aliphatic carbocycles. The van der Waals surface area contributed by atoms with Gasteiger partial charge in [0, 0.05) is 12.2 Å². The minimum atomic E-state index is -0.766. The van der Waals surface area contributed by atoms with Crippen LogP contribution in [0.2, 0.25) is 0 Å². The number of hydrogen-bond acceptors (Lipinski definition) is 4. The Morgan fingerprint density at radius 3 is 2.64 bits per heavy atom. The van der Waals surface area contributed by atoms with Crippen molar-refractivity contribution in [2.75, 3.05) is 6.61 Å². The summed E-state index contributed by atoms with van der Waals surface area (Å²) in [4.78, 5) is 20.8. The van der Waals surface area contributed by atoms with Crippen molar-refractivity contribution in [2.45, 2.75) is 6.92 Å². The second-order valence-corrected chi connectivity index (χ2v) is 1.56. The van der Waals surface area contributed by atoms with Gasteiger partial charge in [-0.3, -0.25) is 10.0 Å². The van der Waals surface area contributed by atoms with Crippen LogP contribution in [0.25, 0.3) is 0 Å².